The molecule has 0 saturated heterocycles. The molecule has 0 atom stereocenters. The van der Waals surface area contributed by atoms with Crippen molar-refractivity contribution < 1.29 is 21.7 Å². The van der Waals surface area contributed by atoms with Crippen LogP contribution in [0.5, 0.6) is 0 Å². The molecule has 0 unspecified atom stereocenters. The quantitative estimate of drug-likeness (QED) is 0.328. The fraction of sp³-hybridized carbons (Fsp3) is 0.333. The second-order valence-corrected chi connectivity index (χ2v) is 4.43. The lowest BCUT2D eigenvalue weighted by Gasteiger charge is -2.23. The second kappa shape index (κ2) is 8.75. The maximum absolute atomic E-state index is 9.75. The van der Waals surface area contributed by atoms with Crippen LogP contribution >= 0.6 is 0 Å². The first-order valence-electron chi connectivity index (χ1n) is 5.29. The Morgan fingerprint density at radius 2 is 1.28 bits per heavy atom. The summed E-state index contributed by atoms with van der Waals surface area (Å²) in [4.78, 5) is 0. The van der Waals surface area contributed by atoms with Gasteiger partial charge < -0.3 is 21.7 Å². The summed E-state index contributed by atoms with van der Waals surface area (Å²) in [6, 6.07) is 10.6. The van der Waals surface area contributed by atoms with Gasteiger partial charge in [0.1, 0.15) is 6.54 Å². The van der Waals surface area contributed by atoms with Crippen LogP contribution in [0.25, 0.3) is 0 Å². The SMILES string of the molecule is C=C.C[N+](C)(C)Cc1ccccc1.F[B-](F)(F)F. The summed E-state index contributed by atoms with van der Waals surface area (Å²) in [5, 5.41) is 0. The van der Waals surface area contributed by atoms with E-state index in [4.69, 9.17) is 0 Å². The summed E-state index contributed by atoms with van der Waals surface area (Å²) in [7, 11) is 0.604. The van der Waals surface area contributed by atoms with Crippen molar-refractivity contribution in [3.05, 3.63) is 49.1 Å². The highest BCUT2D eigenvalue weighted by atomic mass is 19.5. The van der Waals surface area contributed by atoms with Gasteiger partial charge in [0.2, 0.25) is 0 Å². The monoisotopic (exact) mass is 265 g/mol. The topological polar surface area (TPSA) is 0 Å². The molecule has 0 bridgehead atoms. The largest absolute Gasteiger partial charge is 0.673 e. The Morgan fingerprint density at radius 3 is 1.56 bits per heavy atom. The van der Waals surface area contributed by atoms with Crippen LogP contribution in [-0.4, -0.2) is 32.9 Å². The van der Waals surface area contributed by atoms with E-state index >= 15 is 0 Å². The zero-order valence-electron chi connectivity index (χ0n) is 11.0. The van der Waals surface area contributed by atoms with E-state index in [0.29, 0.717) is 0 Å². The number of hydrogen-bond donors (Lipinski definition) is 0. The predicted octanol–water partition coefficient (Wildman–Crippen LogP) is 4.00. The van der Waals surface area contributed by atoms with Crippen LogP contribution in [-0.2, 0) is 6.54 Å². The first-order valence-corrected chi connectivity index (χ1v) is 5.29. The minimum absolute atomic E-state index is 0.990. The van der Waals surface area contributed by atoms with Crippen LogP contribution in [0.4, 0.5) is 17.3 Å². The van der Waals surface area contributed by atoms with Crippen LogP contribution in [0.3, 0.4) is 0 Å². The lowest BCUT2D eigenvalue weighted by molar-refractivity contribution is -0.884. The van der Waals surface area contributed by atoms with Crippen molar-refractivity contribution in [3.63, 3.8) is 0 Å². The van der Waals surface area contributed by atoms with Crippen molar-refractivity contribution in [2.24, 2.45) is 0 Å². The van der Waals surface area contributed by atoms with Crippen molar-refractivity contribution in [2.45, 2.75) is 6.54 Å². The number of hydrogen-bond acceptors (Lipinski definition) is 0. The first-order chi connectivity index (χ1) is 8.08. The molecule has 0 fully saturated rings. The molecule has 0 aliphatic heterocycles. The van der Waals surface area contributed by atoms with E-state index in [1.807, 2.05) is 0 Å². The van der Waals surface area contributed by atoms with Crippen LogP contribution < -0.4 is 0 Å². The highest BCUT2D eigenvalue weighted by molar-refractivity contribution is 6.50. The molecule has 0 N–H and O–H groups in total. The van der Waals surface area contributed by atoms with Gasteiger partial charge in [-0.05, 0) is 0 Å². The maximum atomic E-state index is 9.75. The van der Waals surface area contributed by atoms with Gasteiger partial charge in [-0.15, -0.1) is 13.2 Å². The molecular formula is C12H20BF4N. The summed E-state index contributed by atoms with van der Waals surface area (Å²) >= 11 is 0. The average molecular weight is 265 g/mol. The Kier molecular flexibility index (Phi) is 9.26. The van der Waals surface area contributed by atoms with E-state index in [9.17, 15) is 17.3 Å². The Labute approximate surface area is 106 Å². The summed E-state index contributed by atoms with van der Waals surface area (Å²) in [6.45, 7) is 7.10. The summed E-state index contributed by atoms with van der Waals surface area (Å²) < 4.78 is 40.0. The minimum Gasteiger partial charge on any atom is -0.418 e. The van der Waals surface area contributed by atoms with Gasteiger partial charge in [0.25, 0.3) is 0 Å². The fourth-order valence-electron chi connectivity index (χ4n) is 1.13. The summed E-state index contributed by atoms with van der Waals surface area (Å²) in [5.41, 5.74) is 1.40. The van der Waals surface area contributed by atoms with Gasteiger partial charge in [0.05, 0.1) is 21.1 Å². The number of halogens is 4. The average Bonchev–Trinajstić information content (AvgIpc) is 2.17. The van der Waals surface area contributed by atoms with E-state index < -0.39 is 7.25 Å². The predicted molar refractivity (Wildman–Crippen MR) is 69.6 cm³/mol. The molecule has 104 valence electrons. The van der Waals surface area contributed by atoms with Gasteiger partial charge in [0, 0.05) is 5.56 Å². The lowest BCUT2D eigenvalue weighted by atomic mass is 10.2. The summed E-state index contributed by atoms with van der Waals surface area (Å²) in [5.74, 6) is 0. The molecule has 0 amide bonds. The Morgan fingerprint density at radius 1 is 0.944 bits per heavy atom. The molecular weight excluding hydrogens is 245 g/mol. The molecule has 18 heavy (non-hydrogen) atoms. The van der Waals surface area contributed by atoms with E-state index in [2.05, 4.69) is 64.6 Å². The van der Waals surface area contributed by atoms with E-state index in [1.54, 1.807) is 0 Å². The smallest absolute Gasteiger partial charge is 0.418 e. The van der Waals surface area contributed by atoms with Gasteiger partial charge >= 0.3 is 7.25 Å². The fourth-order valence-corrected chi connectivity index (χ4v) is 1.13. The molecule has 0 radical (unpaired) electrons. The van der Waals surface area contributed by atoms with Crippen molar-refractivity contribution in [1.82, 2.24) is 0 Å². The van der Waals surface area contributed by atoms with Gasteiger partial charge in [-0.25, -0.2) is 0 Å². The number of rotatable bonds is 2. The molecule has 0 spiro atoms. The van der Waals surface area contributed by atoms with Crippen molar-refractivity contribution in [2.75, 3.05) is 21.1 Å². The first kappa shape index (κ1) is 19.1. The molecule has 1 aromatic carbocycles. The highest BCUT2D eigenvalue weighted by Gasteiger charge is 2.20. The van der Waals surface area contributed by atoms with Crippen molar-refractivity contribution in [3.8, 4) is 0 Å². The van der Waals surface area contributed by atoms with Crippen LogP contribution in [0, 0.1) is 0 Å². The lowest BCUT2D eigenvalue weighted by Crippen LogP contribution is -2.33. The molecule has 1 aromatic rings. The summed E-state index contributed by atoms with van der Waals surface area (Å²) in [6.07, 6.45) is 0. The Balaban J connectivity index is 0. The van der Waals surface area contributed by atoms with Crippen LogP contribution in [0.2, 0.25) is 0 Å². The van der Waals surface area contributed by atoms with Crippen LogP contribution in [0.15, 0.2) is 43.5 Å². The number of nitrogens with zero attached hydrogens (tertiary/aromatic N) is 1. The van der Waals surface area contributed by atoms with E-state index in [-0.39, 0.29) is 0 Å². The van der Waals surface area contributed by atoms with Gasteiger partial charge in [-0.1, -0.05) is 30.3 Å². The third-order valence-corrected chi connectivity index (χ3v) is 1.50. The second-order valence-electron chi connectivity index (χ2n) is 4.43. The standard InChI is InChI=1S/C10H16N.C2H4.BF4/c1-11(2,3)9-10-7-5-4-6-8-10;1-2;2-1(3,4)5/h4-8H,9H2,1-3H3;1-2H2;/q+1;;-1. The van der Waals surface area contributed by atoms with Crippen molar-refractivity contribution in [1.29, 1.82) is 0 Å². The van der Waals surface area contributed by atoms with E-state index in [1.165, 1.54) is 5.56 Å². The van der Waals surface area contributed by atoms with E-state index in [0.717, 1.165) is 11.0 Å². The van der Waals surface area contributed by atoms with Gasteiger partial charge in [-0.2, -0.15) is 0 Å². The zero-order chi connectivity index (χ0) is 14.8. The zero-order valence-corrected chi connectivity index (χ0v) is 11.0. The molecule has 0 aliphatic rings. The Bertz CT molecular complexity index is 300. The molecule has 1 nitrogen and oxygen atoms in total. The molecule has 0 aliphatic carbocycles. The maximum Gasteiger partial charge on any atom is 0.673 e. The third kappa shape index (κ3) is 20.2. The molecule has 0 heterocycles. The number of quaternary nitrogens is 1. The van der Waals surface area contributed by atoms with Gasteiger partial charge in [-0.3, -0.25) is 0 Å². The van der Waals surface area contributed by atoms with Crippen molar-refractivity contribution >= 4 is 7.25 Å². The highest BCUT2D eigenvalue weighted by Crippen LogP contribution is 2.06. The molecule has 1 rings (SSSR count). The third-order valence-electron chi connectivity index (χ3n) is 1.50. The van der Waals surface area contributed by atoms with Crippen LogP contribution in [0.1, 0.15) is 5.56 Å². The minimum atomic E-state index is -6.00. The normalized spacial score (nSPS) is 10.6. The Hall–Kier alpha value is -1.30. The molecule has 0 saturated carbocycles. The molecule has 0 aromatic heterocycles. The number of benzene rings is 1. The van der Waals surface area contributed by atoms with Gasteiger partial charge in [0.15, 0.2) is 0 Å². The molecule has 6 heteroatoms.